The summed E-state index contributed by atoms with van der Waals surface area (Å²) in [6, 6.07) is 6.66. The molecule has 0 radical (unpaired) electrons. The summed E-state index contributed by atoms with van der Waals surface area (Å²) in [6.45, 7) is 4.17. The Morgan fingerprint density at radius 3 is 2.35 bits per heavy atom. The lowest BCUT2D eigenvalue weighted by Crippen LogP contribution is -2.39. The van der Waals surface area contributed by atoms with E-state index in [1.165, 1.54) is 0 Å². The number of phenols is 1. The predicted octanol–water partition coefficient (Wildman–Crippen LogP) is 1.16. The van der Waals surface area contributed by atoms with Gasteiger partial charge in [-0.2, -0.15) is 0 Å². The first kappa shape index (κ1) is 13.5. The fraction of sp³-hybridized carbons (Fsp3) is 0.462. The second kappa shape index (κ2) is 6.25. The molecule has 0 spiro atoms. The topological polar surface area (TPSA) is 60.8 Å². The molecule has 1 rings (SSSR count). The Bertz CT molecular complexity index is 359. The van der Waals surface area contributed by atoms with Crippen LogP contribution in [0.3, 0.4) is 0 Å². The van der Waals surface area contributed by atoms with Crippen molar-refractivity contribution >= 4 is 5.91 Å². The van der Waals surface area contributed by atoms with Crippen molar-refractivity contribution in [3.05, 3.63) is 29.8 Å². The minimum absolute atomic E-state index is 0.0141. The number of carbonyl (C=O) groups excluding carboxylic acids is 1. The number of carbonyl (C=O) groups is 1. The van der Waals surface area contributed by atoms with Crippen LogP contribution in [0.15, 0.2) is 24.3 Å². The van der Waals surface area contributed by atoms with Crippen LogP contribution >= 0.6 is 0 Å². The number of aliphatic hydroxyl groups excluding tert-OH is 1. The van der Waals surface area contributed by atoms with E-state index in [9.17, 15) is 4.79 Å². The lowest BCUT2D eigenvalue weighted by molar-refractivity contribution is -0.132. The van der Waals surface area contributed by atoms with Gasteiger partial charge in [0, 0.05) is 12.6 Å². The fourth-order valence-electron chi connectivity index (χ4n) is 1.67. The monoisotopic (exact) mass is 237 g/mol. The van der Waals surface area contributed by atoms with Crippen molar-refractivity contribution in [2.45, 2.75) is 26.3 Å². The van der Waals surface area contributed by atoms with E-state index in [4.69, 9.17) is 10.2 Å². The van der Waals surface area contributed by atoms with E-state index in [0.29, 0.717) is 13.0 Å². The minimum atomic E-state index is -0.0283. The molecule has 0 fully saturated rings. The molecule has 1 amide bonds. The molecule has 2 N–H and O–H groups in total. The average molecular weight is 237 g/mol. The van der Waals surface area contributed by atoms with Gasteiger partial charge in [0.2, 0.25) is 5.91 Å². The summed E-state index contributed by atoms with van der Waals surface area (Å²) in [5, 5.41) is 18.1. The van der Waals surface area contributed by atoms with Gasteiger partial charge in [0.15, 0.2) is 0 Å². The zero-order chi connectivity index (χ0) is 12.8. The molecule has 17 heavy (non-hydrogen) atoms. The van der Waals surface area contributed by atoms with Gasteiger partial charge >= 0.3 is 0 Å². The second-order valence-corrected chi connectivity index (χ2v) is 4.25. The maximum atomic E-state index is 12.0. The Labute approximate surface area is 101 Å². The van der Waals surface area contributed by atoms with Crippen LogP contribution in [0.4, 0.5) is 0 Å². The van der Waals surface area contributed by atoms with Gasteiger partial charge in [0.05, 0.1) is 13.0 Å². The molecule has 4 heteroatoms. The standard InChI is InChI=1S/C13H19NO3/c1-10(2)14(7-8-15)13(17)9-11-3-5-12(16)6-4-11/h3-6,10,15-16H,7-9H2,1-2H3. The maximum Gasteiger partial charge on any atom is 0.227 e. The van der Waals surface area contributed by atoms with Gasteiger partial charge < -0.3 is 15.1 Å². The molecule has 0 aliphatic heterocycles. The molecular weight excluding hydrogens is 218 g/mol. The van der Waals surface area contributed by atoms with E-state index >= 15 is 0 Å². The predicted molar refractivity (Wildman–Crippen MR) is 65.7 cm³/mol. The van der Waals surface area contributed by atoms with Gasteiger partial charge in [-0.1, -0.05) is 12.1 Å². The number of rotatable bonds is 5. The molecule has 4 nitrogen and oxygen atoms in total. The van der Waals surface area contributed by atoms with Crippen LogP contribution in [0.1, 0.15) is 19.4 Å². The van der Waals surface area contributed by atoms with E-state index < -0.39 is 0 Å². The highest BCUT2D eigenvalue weighted by atomic mass is 16.3. The number of benzene rings is 1. The highest BCUT2D eigenvalue weighted by molar-refractivity contribution is 5.79. The quantitative estimate of drug-likeness (QED) is 0.808. The van der Waals surface area contributed by atoms with E-state index in [0.717, 1.165) is 5.56 Å². The van der Waals surface area contributed by atoms with Gasteiger partial charge in [-0.05, 0) is 31.5 Å². The van der Waals surface area contributed by atoms with Crippen LogP contribution in [0.2, 0.25) is 0 Å². The van der Waals surface area contributed by atoms with Crippen LogP contribution in [0, 0.1) is 0 Å². The number of hydrogen-bond donors (Lipinski definition) is 2. The zero-order valence-corrected chi connectivity index (χ0v) is 10.3. The molecule has 0 aliphatic carbocycles. The Morgan fingerprint density at radius 1 is 1.29 bits per heavy atom. The Morgan fingerprint density at radius 2 is 1.88 bits per heavy atom. The third kappa shape index (κ3) is 4.07. The molecule has 1 aromatic rings. The number of hydrogen-bond acceptors (Lipinski definition) is 3. The molecule has 0 bridgehead atoms. The molecule has 0 saturated heterocycles. The Balaban J connectivity index is 2.66. The lowest BCUT2D eigenvalue weighted by atomic mass is 10.1. The smallest absolute Gasteiger partial charge is 0.227 e. The van der Waals surface area contributed by atoms with Crippen molar-refractivity contribution in [1.29, 1.82) is 0 Å². The summed E-state index contributed by atoms with van der Waals surface area (Å²) in [4.78, 5) is 13.6. The summed E-state index contributed by atoms with van der Waals surface area (Å²) in [7, 11) is 0. The van der Waals surface area contributed by atoms with Crippen molar-refractivity contribution < 1.29 is 15.0 Å². The summed E-state index contributed by atoms with van der Waals surface area (Å²) < 4.78 is 0. The van der Waals surface area contributed by atoms with Crippen LogP contribution in [0.5, 0.6) is 5.75 Å². The third-order valence-electron chi connectivity index (χ3n) is 2.58. The number of nitrogens with zero attached hydrogens (tertiary/aromatic N) is 1. The Kier molecular flexibility index (Phi) is 4.97. The van der Waals surface area contributed by atoms with Gasteiger partial charge in [-0.15, -0.1) is 0 Å². The first-order valence-corrected chi connectivity index (χ1v) is 5.73. The van der Waals surface area contributed by atoms with Crippen molar-refractivity contribution in [1.82, 2.24) is 4.90 Å². The molecule has 0 saturated carbocycles. The maximum absolute atomic E-state index is 12.0. The SMILES string of the molecule is CC(C)N(CCO)C(=O)Cc1ccc(O)cc1. The number of phenolic OH excluding ortho intramolecular Hbond substituents is 1. The molecule has 0 heterocycles. The molecule has 94 valence electrons. The van der Waals surface area contributed by atoms with Crippen LogP contribution in [0.25, 0.3) is 0 Å². The number of amides is 1. The normalized spacial score (nSPS) is 10.6. The van der Waals surface area contributed by atoms with Gasteiger partial charge in [-0.25, -0.2) is 0 Å². The van der Waals surface area contributed by atoms with Crippen LogP contribution < -0.4 is 0 Å². The van der Waals surface area contributed by atoms with E-state index in [2.05, 4.69) is 0 Å². The summed E-state index contributed by atoms with van der Waals surface area (Å²) in [5.74, 6) is 0.178. The summed E-state index contributed by atoms with van der Waals surface area (Å²) in [5.41, 5.74) is 0.858. The van der Waals surface area contributed by atoms with E-state index in [-0.39, 0.29) is 24.3 Å². The van der Waals surface area contributed by atoms with Crippen molar-refractivity contribution in [3.8, 4) is 5.75 Å². The first-order chi connectivity index (χ1) is 8.04. The van der Waals surface area contributed by atoms with Gasteiger partial charge in [-0.3, -0.25) is 4.79 Å². The summed E-state index contributed by atoms with van der Waals surface area (Å²) >= 11 is 0. The first-order valence-electron chi connectivity index (χ1n) is 5.73. The molecule has 0 unspecified atom stereocenters. The third-order valence-corrected chi connectivity index (χ3v) is 2.58. The average Bonchev–Trinajstić information content (AvgIpc) is 2.28. The lowest BCUT2D eigenvalue weighted by Gasteiger charge is -2.26. The fourth-order valence-corrected chi connectivity index (χ4v) is 1.67. The van der Waals surface area contributed by atoms with E-state index in [1.54, 1.807) is 29.2 Å². The van der Waals surface area contributed by atoms with Crippen molar-refractivity contribution in [3.63, 3.8) is 0 Å². The molecule has 0 aromatic heterocycles. The Hall–Kier alpha value is -1.55. The van der Waals surface area contributed by atoms with Crippen LogP contribution in [-0.4, -0.2) is 40.2 Å². The minimum Gasteiger partial charge on any atom is -0.508 e. The largest absolute Gasteiger partial charge is 0.508 e. The van der Waals surface area contributed by atoms with Crippen molar-refractivity contribution in [2.75, 3.05) is 13.2 Å². The van der Waals surface area contributed by atoms with Crippen molar-refractivity contribution in [2.24, 2.45) is 0 Å². The summed E-state index contributed by atoms with van der Waals surface area (Å²) in [6.07, 6.45) is 0.290. The molecule has 0 aliphatic rings. The molecule has 0 atom stereocenters. The second-order valence-electron chi connectivity index (χ2n) is 4.25. The highest BCUT2D eigenvalue weighted by Crippen LogP contribution is 2.11. The van der Waals surface area contributed by atoms with Gasteiger partial charge in [0.25, 0.3) is 0 Å². The van der Waals surface area contributed by atoms with Gasteiger partial charge in [0.1, 0.15) is 5.75 Å². The van der Waals surface area contributed by atoms with E-state index in [1.807, 2.05) is 13.8 Å². The van der Waals surface area contributed by atoms with Crippen LogP contribution in [-0.2, 0) is 11.2 Å². The number of aromatic hydroxyl groups is 1. The molecular formula is C13H19NO3. The molecule has 1 aromatic carbocycles. The number of aliphatic hydroxyl groups is 1. The zero-order valence-electron chi connectivity index (χ0n) is 10.3. The highest BCUT2D eigenvalue weighted by Gasteiger charge is 2.16.